The van der Waals surface area contributed by atoms with E-state index in [0.29, 0.717) is 24.1 Å². The van der Waals surface area contributed by atoms with Crippen molar-refractivity contribution in [2.45, 2.75) is 38.9 Å². The van der Waals surface area contributed by atoms with Crippen LogP contribution in [0.5, 0.6) is 0 Å². The van der Waals surface area contributed by atoms with Crippen molar-refractivity contribution in [3.63, 3.8) is 0 Å². The monoisotopic (exact) mass is 334 g/mol. The molecule has 0 aliphatic heterocycles. The van der Waals surface area contributed by atoms with Gasteiger partial charge < -0.3 is 20.5 Å². The van der Waals surface area contributed by atoms with Gasteiger partial charge in [-0.05, 0) is 6.92 Å². The molecule has 0 aromatic carbocycles. The minimum atomic E-state index is -0.921. The van der Waals surface area contributed by atoms with E-state index in [0.717, 1.165) is 0 Å². The summed E-state index contributed by atoms with van der Waals surface area (Å²) in [7, 11) is 0. The molecular formula is C13H23BrN2O3. The smallest absolute Gasteiger partial charge is 0.315 e. The fourth-order valence-corrected chi connectivity index (χ4v) is 2.37. The molecule has 0 radical (unpaired) electrons. The van der Waals surface area contributed by atoms with E-state index in [9.17, 15) is 9.90 Å². The van der Waals surface area contributed by atoms with E-state index in [-0.39, 0.29) is 24.1 Å². The SMILES string of the molecule is C=C(Br)CNC(=O)NC[C@@]1(O)C[C@H](OCC)C1(C)C. The van der Waals surface area contributed by atoms with Crippen molar-refractivity contribution in [1.29, 1.82) is 0 Å². The molecule has 5 nitrogen and oxygen atoms in total. The molecule has 1 rings (SSSR count). The zero-order valence-electron chi connectivity index (χ0n) is 11.8. The van der Waals surface area contributed by atoms with Crippen LogP contribution in [0.4, 0.5) is 4.79 Å². The molecule has 3 N–H and O–H groups in total. The molecule has 2 amide bonds. The molecule has 0 aromatic rings. The number of carbonyl (C=O) groups is 1. The van der Waals surface area contributed by atoms with E-state index in [1.54, 1.807) is 0 Å². The zero-order chi connectivity index (χ0) is 14.7. The van der Waals surface area contributed by atoms with Gasteiger partial charge in [0, 0.05) is 29.5 Å². The van der Waals surface area contributed by atoms with E-state index in [2.05, 4.69) is 33.1 Å². The Bertz CT molecular complexity index is 360. The highest BCUT2D eigenvalue weighted by Crippen LogP contribution is 2.50. The van der Waals surface area contributed by atoms with Gasteiger partial charge in [0.25, 0.3) is 0 Å². The molecule has 0 saturated heterocycles. The Balaban J connectivity index is 2.41. The van der Waals surface area contributed by atoms with Crippen molar-refractivity contribution in [3.8, 4) is 0 Å². The van der Waals surface area contributed by atoms with Crippen LogP contribution in [-0.2, 0) is 4.74 Å². The number of hydrogen-bond donors (Lipinski definition) is 3. The Kier molecular flexibility index (Phi) is 5.41. The molecule has 0 spiro atoms. The fourth-order valence-electron chi connectivity index (χ4n) is 2.23. The standard InChI is InChI=1S/C13H23BrN2O3/c1-5-19-10-6-13(18,12(10,3)4)8-16-11(17)15-7-9(2)14/h10,18H,2,5-8H2,1,3-4H3,(H2,15,16,17)/t10-,13-/m0/s1. The quantitative estimate of drug-likeness (QED) is 0.693. The summed E-state index contributed by atoms with van der Waals surface area (Å²) in [6.07, 6.45) is 0.578. The van der Waals surface area contributed by atoms with Crippen LogP contribution in [-0.4, -0.2) is 42.5 Å². The Morgan fingerprint density at radius 1 is 1.53 bits per heavy atom. The average molecular weight is 335 g/mol. The molecule has 1 fully saturated rings. The molecular weight excluding hydrogens is 312 g/mol. The van der Waals surface area contributed by atoms with Gasteiger partial charge in [0.1, 0.15) is 0 Å². The normalized spacial score (nSPS) is 28.4. The topological polar surface area (TPSA) is 70.6 Å². The molecule has 0 unspecified atom stereocenters. The average Bonchev–Trinajstić information content (AvgIpc) is 2.33. The molecule has 110 valence electrons. The van der Waals surface area contributed by atoms with Crippen LogP contribution >= 0.6 is 15.9 Å². The molecule has 0 heterocycles. The second kappa shape index (κ2) is 6.24. The highest BCUT2D eigenvalue weighted by Gasteiger charge is 2.59. The van der Waals surface area contributed by atoms with Crippen LogP contribution in [0.25, 0.3) is 0 Å². The van der Waals surface area contributed by atoms with Crippen molar-refractivity contribution < 1.29 is 14.6 Å². The van der Waals surface area contributed by atoms with Crippen LogP contribution < -0.4 is 10.6 Å². The van der Waals surface area contributed by atoms with Gasteiger partial charge in [-0.15, -0.1) is 0 Å². The summed E-state index contributed by atoms with van der Waals surface area (Å²) in [5.74, 6) is 0. The number of amides is 2. The van der Waals surface area contributed by atoms with Gasteiger partial charge in [0.05, 0.1) is 18.2 Å². The van der Waals surface area contributed by atoms with Crippen molar-refractivity contribution in [1.82, 2.24) is 10.6 Å². The lowest BCUT2D eigenvalue weighted by atomic mass is 9.56. The Hall–Kier alpha value is -0.590. The Morgan fingerprint density at radius 2 is 2.16 bits per heavy atom. The molecule has 0 bridgehead atoms. The third-order valence-electron chi connectivity index (χ3n) is 3.88. The lowest BCUT2D eigenvalue weighted by Gasteiger charge is -2.57. The first-order chi connectivity index (χ1) is 8.73. The first-order valence-electron chi connectivity index (χ1n) is 6.42. The number of halogens is 1. The number of urea groups is 1. The Labute approximate surface area is 122 Å². The van der Waals surface area contributed by atoms with Crippen LogP contribution in [0, 0.1) is 5.41 Å². The number of nitrogens with one attached hydrogen (secondary N) is 2. The summed E-state index contributed by atoms with van der Waals surface area (Å²) in [6, 6.07) is -0.315. The van der Waals surface area contributed by atoms with E-state index >= 15 is 0 Å². The number of rotatable bonds is 6. The second-order valence-electron chi connectivity index (χ2n) is 5.45. The van der Waals surface area contributed by atoms with E-state index in [4.69, 9.17) is 4.74 Å². The molecule has 1 saturated carbocycles. The maximum atomic E-state index is 11.5. The summed E-state index contributed by atoms with van der Waals surface area (Å²) in [5.41, 5.74) is -1.29. The molecule has 19 heavy (non-hydrogen) atoms. The summed E-state index contributed by atoms with van der Waals surface area (Å²) < 4.78 is 6.26. The third kappa shape index (κ3) is 3.70. The van der Waals surface area contributed by atoms with Crippen LogP contribution in [0.3, 0.4) is 0 Å². The maximum Gasteiger partial charge on any atom is 0.315 e. The van der Waals surface area contributed by atoms with E-state index in [1.165, 1.54) is 0 Å². The lowest BCUT2D eigenvalue weighted by molar-refractivity contribution is -0.237. The van der Waals surface area contributed by atoms with E-state index < -0.39 is 5.60 Å². The first-order valence-corrected chi connectivity index (χ1v) is 7.21. The van der Waals surface area contributed by atoms with E-state index in [1.807, 2.05) is 20.8 Å². The Morgan fingerprint density at radius 3 is 2.63 bits per heavy atom. The van der Waals surface area contributed by atoms with Gasteiger partial charge in [-0.25, -0.2) is 4.79 Å². The van der Waals surface area contributed by atoms with Crippen LogP contribution in [0.1, 0.15) is 27.2 Å². The molecule has 1 aliphatic carbocycles. The van der Waals surface area contributed by atoms with Gasteiger partial charge in [0.15, 0.2) is 0 Å². The van der Waals surface area contributed by atoms with Gasteiger partial charge >= 0.3 is 6.03 Å². The van der Waals surface area contributed by atoms with Crippen molar-refractivity contribution in [3.05, 3.63) is 11.1 Å². The van der Waals surface area contributed by atoms with Crippen molar-refractivity contribution >= 4 is 22.0 Å². The predicted octanol–water partition coefficient (Wildman–Crippen LogP) is 1.76. The van der Waals surface area contributed by atoms with Gasteiger partial charge in [-0.2, -0.15) is 0 Å². The summed E-state index contributed by atoms with van der Waals surface area (Å²) in [4.78, 5) is 11.5. The molecule has 0 aromatic heterocycles. The second-order valence-corrected chi connectivity index (χ2v) is 6.58. The van der Waals surface area contributed by atoms with Crippen LogP contribution in [0.2, 0.25) is 0 Å². The number of hydrogen-bond acceptors (Lipinski definition) is 3. The first kappa shape index (κ1) is 16.5. The largest absolute Gasteiger partial charge is 0.387 e. The summed E-state index contributed by atoms with van der Waals surface area (Å²) >= 11 is 3.16. The van der Waals surface area contributed by atoms with Gasteiger partial charge in [-0.3, -0.25) is 0 Å². The minimum absolute atomic E-state index is 0.0367. The highest BCUT2D eigenvalue weighted by molar-refractivity contribution is 9.11. The van der Waals surface area contributed by atoms with Crippen molar-refractivity contribution in [2.75, 3.05) is 19.7 Å². The van der Waals surface area contributed by atoms with Gasteiger partial charge in [0.2, 0.25) is 0 Å². The molecule has 1 aliphatic rings. The number of ether oxygens (including phenoxy) is 1. The zero-order valence-corrected chi connectivity index (χ0v) is 13.3. The minimum Gasteiger partial charge on any atom is -0.387 e. The summed E-state index contributed by atoms with van der Waals surface area (Å²) in [5, 5.41) is 15.8. The number of carbonyl (C=O) groups excluding carboxylic acids is 1. The van der Waals surface area contributed by atoms with Gasteiger partial charge in [-0.1, -0.05) is 36.4 Å². The highest BCUT2D eigenvalue weighted by atomic mass is 79.9. The summed E-state index contributed by atoms with van der Waals surface area (Å²) in [6.45, 7) is 10.7. The molecule has 2 atom stereocenters. The third-order valence-corrected chi connectivity index (χ3v) is 4.16. The lowest BCUT2D eigenvalue weighted by Crippen LogP contribution is -2.69. The predicted molar refractivity (Wildman–Crippen MR) is 78.2 cm³/mol. The maximum absolute atomic E-state index is 11.5. The number of aliphatic hydroxyl groups is 1. The van der Waals surface area contributed by atoms with Crippen LogP contribution in [0.15, 0.2) is 11.1 Å². The molecule has 6 heteroatoms. The fraction of sp³-hybridized carbons (Fsp3) is 0.769. The van der Waals surface area contributed by atoms with Crippen molar-refractivity contribution in [2.24, 2.45) is 5.41 Å².